The lowest BCUT2D eigenvalue weighted by atomic mass is 9.99. The summed E-state index contributed by atoms with van der Waals surface area (Å²) in [4.78, 5) is 15.4. The zero-order valence-corrected chi connectivity index (χ0v) is 14.0. The third-order valence-electron chi connectivity index (χ3n) is 4.84. The molecule has 2 aliphatic rings. The number of carbonyl (C=O) groups excluding carboxylic acids is 1. The van der Waals surface area contributed by atoms with Crippen LogP contribution < -0.4 is 15.2 Å². The summed E-state index contributed by atoms with van der Waals surface area (Å²) in [7, 11) is 0. The maximum absolute atomic E-state index is 11.2. The predicted molar refractivity (Wildman–Crippen MR) is 88.1 cm³/mol. The Bertz CT molecular complexity index is 756. The van der Waals surface area contributed by atoms with E-state index in [1.165, 1.54) is 25.7 Å². The SMILES string of the molecule is NC(=O)c1ccc(-[n+]2ccc(OCC(C3CC3)C3CC3)[nH]2)nc1Cl. The highest BCUT2D eigenvalue weighted by Crippen LogP contribution is 2.49. The molecular weight excluding hydrogens is 328 g/mol. The second-order valence-corrected chi connectivity index (χ2v) is 7.04. The van der Waals surface area contributed by atoms with Crippen LogP contribution in [-0.2, 0) is 0 Å². The minimum Gasteiger partial charge on any atom is -0.477 e. The first-order chi connectivity index (χ1) is 11.6. The average Bonchev–Trinajstić information content (AvgIpc) is 3.47. The van der Waals surface area contributed by atoms with Gasteiger partial charge in [-0.15, -0.1) is 4.68 Å². The van der Waals surface area contributed by atoms with Crippen molar-refractivity contribution in [2.75, 3.05) is 6.61 Å². The van der Waals surface area contributed by atoms with Gasteiger partial charge in [-0.2, -0.15) is 5.10 Å². The molecule has 0 unspecified atom stereocenters. The number of carbonyl (C=O) groups is 1. The molecule has 0 saturated heterocycles. The van der Waals surface area contributed by atoms with Crippen LogP contribution >= 0.6 is 11.6 Å². The monoisotopic (exact) mass is 347 g/mol. The Balaban J connectivity index is 1.44. The molecule has 0 aliphatic heterocycles. The summed E-state index contributed by atoms with van der Waals surface area (Å²) in [5.41, 5.74) is 5.45. The van der Waals surface area contributed by atoms with Crippen molar-refractivity contribution in [3.8, 4) is 11.7 Å². The molecule has 0 spiro atoms. The van der Waals surface area contributed by atoms with E-state index >= 15 is 0 Å². The normalized spacial score (nSPS) is 17.2. The summed E-state index contributed by atoms with van der Waals surface area (Å²) >= 11 is 6.00. The van der Waals surface area contributed by atoms with Gasteiger partial charge in [-0.1, -0.05) is 0 Å². The Morgan fingerprint density at radius 3 is 2.62 bits per heavy atom. The second-order valence-electron chi connectivity index (χ2n) is 6.68. The number of hydrogen-bond acceptors (Lipinski definition) is 3. The number of nitrogens with two attached hydrogens (primary N) is 1. The minimum absolute atomic E-state index is 0.0899. The van der Waals surface area contributed by atoms with Crippen LogP contribution in [-0.4, -0.2) is 22.6 Å². The topological polar surface area (TPSA) is 84.9 Å². The Labute approximate surface area is 145 Å². The van der Waals surface area contributed by atoms with Crippen molar-refractivity contribution in [3.63, 3.8) is 0 Å². The fourth-order valence-electron chi connectivity index (χ4n) is 3.18. The zero-order valence-electron chi connectivity index (χ0n) is 13.2. The Morgan fingerprint density at radius 1 is 1.33 bits per heavy atom. The Morgan fingerprint density at radius 2 is 2.04 bits per heavy atom. The van der Waals surface area contributed by atoms with Gasteiger partial charge in [-0.25, -0.2) is 0 Å². The molecule has 0 aromatic carbocycles. The van der Waals surface area contributed by atoms with Crippen LogP contribution in [0.15, 0.2) is 24.4 Å². The van der Waals surface area contributed by atoms with Gasteiger partial charge in [0, 0.05) is 12.1 Å². The van der Waals surface area contributed by atoms with Crippen LogP contribution in [0.5, 0.6) is 5.88 Å². The van der Waals surface area contributed by atoms with Gasteiger partial charge in [0.15, 0.2) is 0 Å². The van der Waals surface area contributed by atoms with E-state index in [0.717, 1.165) is 18.4 Å². The highest BCUT2D eigenvalue weighted by Gasteiger charge is 2.41. The van der Waals surface area contributed by atoms with E-state index < -0.39 is 5.91 Å². The number of nitrogens with one attached hydrogen (secondary N) is 1. The molecule has 2 saturated carbocycles. The van der Waals surface area contributed by atoms with E-state index in [4.69, 9.17) is 22.1 Å². The molecule has 126 valence electrons. The Hall–Kier alpha value is -2.08. The molecule has 2 fully saturated rings. The first kappa shape index (κ1) is 15.4. The summed E-state index contributed by atoms with van der Waals surface area (Å²) in [6.45, 7) is 0.768. The molecule has 6 nitrogen and oxygen atoms in total. The quantitative estimate of drug-likeness (QED) is 0.595. The largest absolute Gasteiger partial charge is 0.477 e. The summed E-state index contributed by atoms with van der Waals surface area (Å²) < 4.78 is 7.66. The van der Waals surface area contributed by atoms with Gasteiger partial charge in [0.05, 0.1) is 6.61 Å². The lowest BCUT2D eigenvalue weighted by molar-refractivity contribution is -0.659. The summed E-state index contributed by atoms with van der Waals surface area (Å²) in [6.07, 6.45) is 7.22. The maximum Gasteiger partial charge on any atom is 0.348 e. The maximum atomic E-state index is 11.2. The molecule has 4 rings (SSSR count). The third-order valence-corrected chi connectivity index (χ3v) is 5.13. The van der Waals surface area contributed by atoms with Gasteiger partial charge < -0.3 is 10.5 Å². The first-order valence-corrected chi connectivity index (χ1v) is 8.70. The van der Waals surface area contributed by atoms with Crippen LogP contribution in [0.4, 0.5) is 0 Å². The number of primary amides is 1. The number of halogens is 1. The van der Waals surface area contributed by atoms with Crippen LogP contribution in [0.2, 0.25) is 5.15 Å². The number of ether oxygens (including phenoxy) is 1. The van der Waals surface area contributed by atoms with E-state index in [2.05, 4.69) is 10.1 Å². The molecule has 0 radical (unpaired) electrons. The van der Waals surface area contributed by atoms with E-state index in [0.29, 0.717) is 17.6 Å². The van der Waals surface area contributed by atoms with Gasteiger partial charge in [0.25, 0.3) is 11.1 Å². The van der Waals surface area contributed by atoms with Gasteiger partial charge in [0.2, 0.25) is 5.88 Å². The first-order valence-electron chi connectivity index (χ1n) is 8.32. The van der Waals surface area contributed by atoms with Crippen molar-refractivity contribution in [2.24, 2.45) is 23.5 Å². The van der Waals surface area contributed by atoms with Crippen LogP contribution in [0.1, 0.15) is 36.0 Å². The van der Waals surface area contributed by atoms with Crippen LogP contribution in [0, 0.1) is 17.8 Å². The number of nitrogens with zero attached hydrogens (tertiary/aromatic N) is 2. The average molecular weight is 348 g/mol. The van der Waals surface area contributed by atoms with E-state index in [1.807, 2.05) is 12.3 Å². The van der Waals surface area contributed by atoms with Gasteiger partial charge in [0.1, 0.15) is 11.8 Å². The molecule has 2 aromatic rings. The van der Waals surface area contributed by atoms with Crippen LogP contribution in [0.25, 0.3) is 5.82 Å². The van der Waals surface area contributed by atoms with E-state index in [9.17, 15) is 4.79 Å². The molecule has 2 heterocycles. The van der Waals surface area contributed by atoms with Crippen molar-refractivity contribution in [3.05, 3.63) is 35.1 Å². The van der Waals surface area contributed by atoms with Crippen molar-refractivity contribution >= 4 is 17.5 Å². The molecule has 24 heavy (non-hydrogen) atoms. The lowest BCUT2D eigenvalue weighted by Crippen LogP contribution is -2.33. The highest BCUT2D eigenvalue weighted by atomic mass is 35.5. The van der Waals surface area contributed by atoms with Crippen molar-refractivity contribution in [1.29, 1.82) is 0 Å². The predicted octanol–water partition coefficient (Wildman–Crippen LogP) is 2.25. The minimum atomic E-state index is -0.592. The number of hydrogen-bond donors (Lipinski definition) is 2. The van der Waals surface area contributed by atoms with Gasteiger partial charge >= 0.3 is 5.82 Å². The molecular formula is C17H20ClN4O2+. The van der Waals surface area contributed by atoms with Gasteiger partial charge in [-0.05, 0) is 66.1 Å². The fourth-order valence-corrected chi connectivity index (χ4v) is 3.43. The van der Waals surface area contributed by atoms with E-state index in [1.54, 1.807) is 16.8 Å². The highest BCUT2D eigenvalue weighted by molar-refractivity contribution is 6.32. The number of aromatic nitrogens is 3. The smallest absolute Gasteiger partial charge is 0.348 e. The number of amides is 1. The second kappa shape index (κ2) is 6.09. The number of H-pyrrole nitrogens is 1. The molecule has 0 bridgehead atoms. The number of aromatic amines is 1. The fraction of sp³-hybridized carbons (Fsp3) is 0.471. The van der Waals surface area contributed by atoms with E-state index in [-0.39, 0.29) is 10.7 Å². The zero-order chi connectivity index (χ0) is 16.7. The molecule has 1 amide bonds. The summed E-state index contributed by atoms with van der Waals surface area (Å²) in [5, 5.41) is 3.23. The summed E-state index contributed by atoms with van der Waals surface area (Å²) in [5.74, 6) is 3.11. The molecule has 2 aliphatic carbocycles. The lowest BCUT2D eigenvalue weighted by Gasteiger charge is -2.14. The third kappa shape index (κ3) is 3.24. The Kier molecular flexibility index (Phi) is 3.92. The molecule has 2 aromatic heterocycles. The molecule has 7 heteroatoms. The van der Waals surface area contributed by atoms with Crippen molar-refractivity contribution < 1.29 is 14.2 Å². The van der Waals surface area contributed by atoms with Crippen molar-refractivity contribution in [1.82, 2.24) is 10.1 Å². The van der Waals surface area contributed by atoms with Gasteiger partial charge in [-0.3, -0.25) is 4.79 Å². The van der Waals surface area contributed by atoms with Crippen LogP contribution in [0.3, 0.4) is 0 Å². The molecule has 0 atom stereocenters. The van der Waals surface area contributed by atoms with Crippen molar-refractivity contribution in [2.45, 2.75) is 25.7 Å². The summed E-state index contributed by atoms with van der Waals surface area (Å²) in [6, 6.07) is 5.12. The standard InChI is InChI=1S/C17H19ClN4O2/c18-16-12(17(19)23)5-6-14(20-16)22-8-7-15(21-22)24-9-13(10-1-2-10)11-3-4-11/h5-8,10-11,13H,1-4,9H2,(H2,19,23)/p+1. The number of pyridine rings is 1. The number of rotatable bonds is 7. The molecule has 3 N–H and O–H groups in total.